The highest BCUT2D eigenvalue weighted by Crippen LogP contribution is 2.20. The van der Waals surface area contributed by atoms with Gasteiger partial charge in [-0.1, -0.05) is 11.8 Å². The maximum Gasteiger partial charge on any atom is 0.214 e. The fourth-order valence-corrected chi connectivity index (χ4v) is 2.32. The van der Waals surface area contributed by atoms with E-state index in [9.17, 15) is 5.11 Å². The summed E-state index contributed by atoms with van der Waals surface area (Å²) >= 11 is 1.42. The Morgan fingerprint density at radius 2 is 1.95 bits per heavy atom. The van der Waals surface area contributed by atoms with E-state index >= 15 is 0 Å². The number of phenolic OH excluding ortho intramolecular Hbond substituents is 1. The van der Waals surface area contributed by atoms with Gasteiger partial charge in [0.1, 0.15) is 5.75 Å². The molecule has 0 bridgehead atoms. The number of aromatic nitrogens is 4. The second-order valence-electron chi connectivity index (χ2n) is 3.60. The smallest absolute Gasteiger partial charge is 0.214 e. The average Bonchev–Trinajstić information content (AvgIpc) is 2.89. The molecule has 1 N–H and O–H groups in total. The van der Waals surface area contributed by atoms with E-state index in [0.29, 0.717) is 10.9 Å². The summed E-state index contributed by atoms with van der Waals surface area (Å²) in [5.41, 5.74) is 0.775. The second-order valence-corrected chi connectivity index (χ2v) is 4.59. The van der Waals surface area contributed by atoms with Gasteiger partial charge in [-0.25, -0.2) is 0 Å². The Labute approximate surface area is 114 Å². The SMILES string of the molecule is COC(CSc1nnnn1-c1ccc(O)cc1)OC. The molecule has 0 aliphatic rings. The third-order valence-electron chi connectivity index (χ3n) is 2.41. The normalized spacial score (nSPS) is 11.1. The zero-order valence-corrected chi connectivity index (χ0v) is 11.4. The fraction of sp³-hybridized carbons (Fsp3) is 0.364. The number of rotatable bonds is 6. The molecule has 0 amide bonds. The van der Waals surface area contributed by atoms with Crippen LogP contribution >= 0.6 is 11.8 Å². The molecule has 0 radical (unpaired) electrons. The molecule has 19 heavy (non-hydrogen) atoms. The van der Waals surface area contributed by atoms with Gasteiger partial charge in [0.05, 0.1) is 11.4 Å². The molecular weight excluding hydrogens is 268 g/mol. The van der Waals surface area contributed by atoms with Gasteiger partial charge < -0.3 is 14.6 Å². The number of thioether (sulfide) groups is 1. The maximum atomic E-state index is 9.26. The van der Waals surface area contributed by atoms with Crippen molar-refractivity contribution >= 4 is 11.8 Å². The van der Waals surface area contributed by atoms with E-state index in [2.05, 4.69) is 15.5 Å². The van der Waals surface area contributed by atoms with Crippen molar-refractivity contribution < 1.29 is 14.6 Å². The second kappa shape index (κ2) is 6.50. The molecule has 102 valence electrons. The van der Waals surface area contributed by atoms with Crippen LogP contribution in [0.15, 0.2) is 29.4 Å². The number of hydrogen-bond acceptors (Lipinski definition) is 7. The molecule has 1 heterocycles. The lowest BCUT2D eigenvalue weighted by Crippen LogP contribution is -2.16. The lowest BCUT2D eigenvalue weighted by molar-refractivity contribution is -0.0842. The van der Waals surface area contributed by atoms with Crippen molar-refractivity contribution in [2.24, 2.45) is 0 Å². The monoisotopic (exact) mass is 282 g/mol. The molecule has 0 saturated heterocycles. The zero-order chi connectivity index (χ0) is 13.7. The van der Waals surface area contributed by atoms with E-state index in [1.54, 1.807) is 43.2 Å². The summed E-state index contributed by atoms with van der Waals surface area (Å²) in [7, 11) is 3.16. The van der Waals surface area contributed by atoms with Crippen molar-refractivity contribution in [1.82, 2.24) is 20.2 Å². The van der Waals surface area contributed by atoms with Crippen LogP contribution in [-0.2, 0) is 9.47 Å². The topological polar surface area (TPSA) is 82.3 Å². The van der Waals surface area contributed by atoms with Crippen LogP contribution in [0.3, 0.4) is 0 Å². The average molecular weight is 282 g/mol. The van der Waals surface area contributed by atoms with E-state index in [0.717, 1.165) is 5.69 Å². The number of benzene rings is 1. The first-order chi connectivity index (χ1) is 9.24. The number of hydrogen-bond donors (Lipinski definition) is 1. The highest BCUT2D eigenvalue weighted by Gasteiger charge is 2.12. The number of tetrazole rings is 1. The first kappa shape index (κ1) is 13.8. The molecule has 1 aromatic carbocycles. The Morgan fingerprint density at radius 1 is 1.26 bits per heavy atom. The van der Waals surface area contributed by atoms with Crippen LogP contribution in [-0.4, -0.2) is 51.6 Å². The van der Waals surface area contributed by atoms with Gasteiger partial charge in [0.25, 0.3) is 0 Å². The Hall–Kier alpha value is -1.64. The predicted molar refractivity (Wildman–Crippen MR) is 69.3 cm³/mol. The van der Waals surface area contributed by atoms with Gasteiger partial charge in [0, 0.05) is 14.2 Å². The molecule has 7 nitrogen and oxygen atoms in total. The van der Waals surface area contributed by atoms with Gasteiger partial charge in [-0.3, -0.25) is 0 Å². The fourth-order valence-electron chi connectivity index (χ4n) is 1.40. The van der Waals surface area contributed by atoms with E-state index in [1.807, 2.05) is 0 Å². The first-order valence-electron chi connectivity index (χ1n) is 5.50. The number of methoxy groups -OCH3 is 2. The van der Waals surface area contributed by atoms with Gasteiger partial charge >= 0.3 is 0 Å². The Morgan fingerprint density at radius 3 is 2.58 bits per heavy atom. The summed E-state index contributed by atoms with van der Waals surface area (Å²) in [4.78, 5) is 0. The summed E-state index contributed by atoms with van der Waals surface area (Å²) in [6.45, 7) is 0. The van der Waals surface area contributed by atoms with Crippen molar-refractivity contribution in [3.05, 3.63) is 24.3 Å². The van der Waals surface area contributed by atoms with Crippen LogP contribution in [0.4, 0.5) is 0 Å². The van der Waals surface area contributed by atoms with Gasteiger partial charge in [-0.2, -0.15) is 4.68 Å². The zero-order valence-electron chi connectivity index (χ0n) is 10.6. The standard InChI is InChI=1S/C11H14N4O3S/c1-17-10(18-2)7-19-11-12-13-14-15(11)8-3-5-9(16)6-4-8/h3-6,10,16H,7H2,1-2H3. The van der Waals surface area contributed by atoms with Crippen LogP contribution < -0.4 is 0 Å². The predicted octanol–water partition coefficient (Wildman–Crippen LogP) is 1.08. The number of phenols is 1. The van der Waals surface area contributed by atoms with E-state index in [4.69, 9.17) is 9.47 Å². The van der Waals surface area contributed by atoms with Gasteiger partial charge in [-0.05, 0) is 34.7 Å². The molecule has 8 heteroatoms. The van der Waals surface area contributed by atoms with Crippen LogP contribution in [0.25, 0.3) is 5.69 Å². The molecule has 0 unspecified atom stereocenters. The number of ether oxygens (including phenoxy) is 2. The Balaban J connectivity index is 2.11. The molecule has 0 atom stereocenters. The quantitative estimate of drug-likeness (QED) is 0.627. The minimum absolute atomic E-state index is 0.199. The van der Waals surface area contributed by atoms with E-state index in [1.165, 1.54) is 11.8 Å². The minimum Gasteiger partial charge on any atom is -0.508 e. The van der Waals surface area contributed by atoms with Gasteiger partial charge in [0.2, 0.25) is 5.16 Å². The van der Waals surface area contributed by atoms with Crippen molar-refractivity contribution in [3.8, 4) is 11.4 Å². The summed E-state index contributed by atoms with van der Waals surface area (Å²) in [6.07, 6.45) is -0.310. The first-order valence-corrected chi connectivity index (χ1v) is 6.49. The highest BCUT2D eigenvalue weighted by atomic mass is 32.2. The molecular formula is C11H14N4O3S. The van der Waals surface area contributed by atoms with Crippen LogP contribution in [0.2, 0.25) is 0 Å². The van der Waals surface area contributed by atoms with E-state index < -0.39 is 0 Å². The summed E-state index contributed by atoms with van der Waals surface area (Å²) in [5.74, 6) is 0.774. The molecule has 0 saturated carbocycles. The molecule has 0 fully saturated rings. The summed E-state index contributed by atoms with van der Waals surface area (Å²) in [6, 6.07) is 6.64. The minimum atomic E-state index is -0.310. The Kier molecular flexibility index (Phi) is 4.72. The molecule has 0 aliphatic heterocycles. The van der Waals surface area contributed by atoms with Gasteiger partial charge in [0.15, 0.2) is 6.29 Å². The van der Waals surface area contributed by atoms with Crippen molar-refractivity contribution in [1.29, 1.82) is 0 Å². The van der Waals surface area contributed by atoms with Crippen molar-refractivity contribution in [2.75, 3.05) is 20.0 Å². The van der Waals surface area contributed by atoms with Crippen LogP contribution in [0, 0.1) is 0 Å². The van der Waals surface area contributed by atoms with Crippen molar-refractivity contribution in [2.45, 2.75) is 11.4 Å². The van der Waals surface area contributed by atoms with E-state index in [-0.39, 0.29) is 12.0 Å². The molecule has 0 aliphatic carbocycles. The summed E-state index contributed by atoms with van der Waals surface area (Å²) in [5, 5.41) is 21.4. The van der Waals surface area contributed by atoms with Gasteiger partial charge in [-0.15, -0.1) is 5.10 Å². The third kappa shape index (κ3) is 3.43. The Bertz CT molecular complexity index is 513. The largest absolute Gasteiger partial charge is 0.508 e. The van der Waals surface area contributed by atoms with Crippen LogP contribution in [0.5, 0.6) is 5.75 Å². The maximum absolute atomic E-state index is 9.26. The summed E-state index contributed by atoms with van der Waals surface area (Å²) < 4.78 is 11.8. The number of nitrogens with zero attached hydrogens (tertiary/aromatic N) is 4. The molecule has 2 rings (SSSR count). The lowest BCUT2D eigenvalue weighted by Gasteiger charge is -2.12. The highest BCUT2D eigenvalue weighted by molar-refractivity contribution is 7.99. The lowest BCUT2D eigenvalue weighted by atomic mass is 10.3. The number of aromatic hydroxyl groups is 1. The third-order valence-corrected chi connectivity index (χ3v) is 3.36. The molecule has 1 aromatic heterocycles. The van der Waals surface area contributed by atoms with Crippen molar-refractivity contribution in [3.63, 3.8) is 0 Å². The van der Waals surface area contributed by atoms with Crippen LogP contribution in [0.1, 0.15) is 0 Å². The molecule has 2 aromatic rings. The molecule has 0 spiro atoms.